The van der Waals surface area contributed by atoms with Gasteiger partial charge in [0.05, 0.1) is 0 Å². The van der Waals surface area contributed by atoms with E-state index in [-0.39, 0.29) is 107 Å². The van der Waals surface area contributed by atoms with E-state index in [1.54, 1.807) is 0 Å². The minimum Gasteiger partial charge on any atom is -1.00 e. The summed E-state index contributed by atoms with van der Waals surface area (Å²) < 4.78 is 13.1. The Kier molecular flexibility index (Phi) is 18.5. The molecule has 0 unspecified atom stereocenters. The number of phosphoric acid groups is 1. The monoisotopic (exact) mass is 193 g/mol. The Hall–Kier alpha value is 3.38. The summed E-state index contributed by atoms with van der Waals surface area (Å²) in [7, 11) is -3.20. The molecule has 0 fully saturated rings. The fourth-order valence-electron chi connectivity index (χ4n) is 0. The zero-order valence-corrected chi connectivity index (χ0v) is 12.3. The minimum atomic E-state index is -4.15. The second-order valence-corrected chi connectivity index (χ2v) is 2.02. The molecule has 7 heteroatoms. The zero-order valence-electron chi connectivity index (χ0n) is 8.16. The molecule has 0 radical (unpaired) electrons. The van der Waals surface area contributed by atoms with Crippen LogP contribution in [0.25, 0.3) is 0 Å². The Bertz CT molecular complexity index is 87.4. The summed E-state index contributed by atoms with van der Waals surface area (Å²) in [6.07, 6.45) is 0. The van der Waals surface area contributed by atoms with E-state index in [1.165, 1.54) is 0 Å². The maximum Gasteiger partial charge on any atom is 1.00 e. The SMILES string of the molecule is COP(=O)(O)O.[H+].[H-].[H-].[K+].[K+]. The summed E-state index contributed by atoms with van der Waals surface area (Å²) in [5.74, 6) is 0. The van der Waals surface area contributed by atoms with Gasteiger partial charge >= 0.3 is 112 Å². The largest absolute Gasteiger partial charge is 1.00 e. The Morgan fingerprint density at radius 2 is 1.75 bits per heavy atom. The Labute approximate surface area is 137 Å². The number of hydrogen-bond donors (Lipinski definition) is 2. The summed E-state index contributed by atoms with van der Waals surface area (Å²) >= 11 is 0. The average molecular weight is 193 g/mol. The Balaban J connectivity index is -0.0000000125. The van der Waals surface area contributed by atoms with Crippen LogP contribution < -0.4 is 103 Å². The molecule has 0 heterocycles. The van der Waals surface area contributed by atoms with Crippen molar-refractivity contribution in [2.45, 2.75) is 0 Å². The molecule has 0 rings (SSSR count). The quantitative estimate of drug-likeness (QED) is 0.321. The summed E-state index contributed by atoms with van der Waals surface area (Å²) in [6, 6.07) is 0. The maximum absolute atomic E-state index is 9.47. The summed E-state index contributed by atoms with van der Waals surface area (Å²) in [5, 5.41) is 0. The molecule has 0 saturated heterocycles. The van der Waals surface area contributed by atoms with E-state index in [9.17, 15) is 4.57 Å². The van der Waals surface area contributed by atoms with Crippen molar-refractivity contribution in [3.63, 3.8) is 0 Å². The standard InChI is InChI=1S/CH5O4P.2K.2H/c1-5-6(2,3)4;;;;/h1H3,(H2,2,3,4);;;;/q;2*+1;2*-1/p+1. The molecule has 0 aromatic carbocycles. The van der Waals surface area contributed by atoms with E-state index in [1.807, 2.05) is 0 Å². The van der Waals surface area contributed by atoms with E-state index in [0.29, 0.717) is 0 Å². The van der Waals surface area contributed by atoms with Gasteiger partial charge in [0.25, 0.3) is 0 Å². The molecule has 8 heavy (non-hydrogen) atoms. The van der Waals surface area contributed by atoms with Gasteiger partial charge in [-0.2, -0.15) is 0 Å². The fourth-order valence-corrected chi connectivity index (χ4v) is 0. The van der Waals surface area contributed by atoms with Crippen LogP contribution >= 0.6 is 7.82 Å². The van der Waals surface area contributed by atoms with Gasteiger partial charge in [0.15, 0.2) is 0 Å². The molecule has 0 aromatic heterocycles. The molecule has 42 valence electrons. The van der Waals surface area contributed by atoms with E-state index < -0.39 is 7.82 Å². The van der Waals surface area contributed by atoms with Crippen molar-refractivity contribution in [2.24, 2.45) is 0 Å². The van der Waals surface area contributed by atoms with Gasteiger partial charge in [-0.25, -0.2) is 4.57 Å². The first-order valence-electron chi connectivity index (χ1n) is 1.17. The minimum absolute atomic E-state index is 0. The third-order valence-corrected chi connectivity index (χ3v) is 0.714. The van der Waals surface area contributed by atoms with Crippen molar-refractivity contribution in [3.05, 3.63) is 0 Å². The van der Waals surface area contributed by atoms with E-state index in [0.717, 1.165) is 7.11 Å². The molecule has 0 amide bonds. The van der Waals surface area contributed by atoms with E-state index in [2.05, 4.69) is 4.52 Å². The molecule has 0 aliphatic carbocycles. The number of rotatable bonds is 1. The van der Waals surface area contributed by atoms with Crippen molar-refractivity contribution >= 4 is 7.82 Å². The van der Waals surface area contributed by atoms with Gasteiger partial charge in [0.2, 0.25) is 0 Å². The predicted molar refractivity (Wildman–Crippen MR) is 22.4 cm³/mol. The van der Waals surface area contributed by atoms with Crippen molar-refractivity contribution in [1.82, 2.24) is 0 Å². The van der Waals surface area contributed by atoms with Crippen LogP contribution in [0, 0.1) is 0 Å². The molecule has 0 atom stereocenters. The predicted octanol–water partition coefficient (Wildman–Crippen LogP) is -5.93. The Morgan fingerprint density at radius 1 is 1.62 bits per heavy atom. The van der Waals surface area contributed by atoms with Gasteiger partial charge in [0, 0.05) is 7.11 Å². The van der Waals surface area contributed by atoms with Crippen LogP contribution in [0.5, 0.6) is 0 Å². The van der Waals surface area contributed by atoms with Crippen molar-refractivity contribution in [1.29, 1.82) is 0 Å². The molecule has 0 saturated carbocycles. The van der Waals surface area contributed by atoms with Crippen LogP contribution in [0.4, 0.5) is 0 Å². The second-order valence-electron chi connectivity index (χ2n) is 0.673. The van der Waals surface area contributed by atoms with Crippen molar-refractivity contribution in [3.8, 4) is 0 Å². The van der Waals surface area contributed by atoms with Gasteiger partial charge in [-0.1, -0.05) is 0 Å². The first-order valence-corrected chi connectivity index (χ1v) is 2.70. The molecule has 0 bridgehead atoms. The van der Waals surface area contributed by atoms with Gasteiger partial charge in [-0.05, 0) is 0 Å². The molecule has 4 nitrogen and oxygen atoms in total. The molecule has 2 N–H and O–H groups in total. The molecule has 0 aliphatic heterocycles. The zero-order chi connectivity index (χ0) is 5.21. The molecule has 0 aliphatic rings. The first-order chi connectivity index (χ1) is 2.56. The van der Waals surface area contributed by atoms with Crippen LogP contribution in [0.15, 0.2) is 0 Å². The third-order valence-electron chi connectivity index (χ3n) is 0.238. The van der Waals surface area contributed by atoms with Crippen molar-refractivity contribution in [2.75, 3.05) is 7.11 Å². The Morgan fingerprint density at radius 3 is 1.75 bits per heavy atom. The van der Waals surface area contributed by atoms with Crippen molar-refractivity contribution < 1.29 is 126 Å². The van der Waals surface area contributed by atoms with Gasteiger partial charge in [-0.15, -0.1) is 0 Å². The average Bonchev–Trinajstić information content (AvgIpc) is 1.35. The number of phosphoric ester groups is 1. The summed E-state index contributed by atoms with van der Waals surface area (Å²) in [4.78, 5) is 15.4. The third kappa shape index (κ3) is 16.2. The fraction of sp³-hybridized carbons (Fsp3) is 1.00. The maximum atomic E-state index is 9.47. The van der Waals surface area contributed by atoms with E-state index >= 15 is 0 Å². The van der Waals surface area contributed by atoms with Crippen LogP contribution in [-0.4, -0.2) is 16.9 Å². The topological polar surface area (TPSA) is 66.8 Å². The van der Waals surface area contributed by atoms with Gasteiger partial charge in [-0.3, -0.25) is 4.52 Å². The molecular formula is CH8K2O4P+. The second kappa shape index (κ2) is 8.48. The van der Waals surface area contributed by atoms with Crippen LogP contribution in [0.3, 0.4) is 0 Å². The smallest absolute Gasteiger partial charge is 1.00 e. The van der Waals surface area contributed by atoms with Gasteiger partial charge < -0.3 is 12.6 Å². The van der Waals surface area contributed by atoms with Crippen LogP contribution in [0.1, 0.15) is 4.28 Å². The van der Waals surface area contributed by atoms with E-state index in [4.69, 9.17) is 9.79 Å². The number of hydrogen-bond acceptors (Lipinski definition) is 2. The normalized spacial score (nSPS) is 8.88. The molecular weight excluding hydrogens is 185 g/mol. The summed E-state index contributed by atoms with van der Waals surface area (Å²) in [6.45, 7) is 0. The summed E-state index contributed by atoms with van der Waals surface area (Å²) in [5.41, 5.74) is 0. The first kappa shape index (κ1) is 17.5. The van der Waals surface area contributed by atoms with Gasteiger partial charge in [0.1, 0.15) is 0 Å². The molecule has 0 spiro atoms. The van der Waals surface area contributed by atoms with Crippen LogP contribution in [-0.2, 0) is 9.09 Å². The molecule has 0 aromatic rings. The van der Waals surface area contributed by atoms with Crippen LogP contribution in [0.2, 0.25) is 0 Å².